The molecule has 1 aromatic rings. The molecule has 0 aliphatic carbocycles. The van der Waals surface area contributed by atoms with Crippen LogP contribution in [-0.4, -0.2) is 69.6 Å². The zero-order valence-corrected chi connectivity index (χ0v) is 13.2. The Morgan fingerprint density at radius 1 is 1.36 bits per heavy atom. The van der Waals surface area contributed by atoms with Gasteiger partial charge in [0.25, 0.3) is 0 Å². The third-order valence-corrected chi connectivity index (χ3v) is 3.89. The lowest BCUT2D eigenvalue weighted by molar-refractivity contribution is 0.0384. The fourth-order valence-electron chi connectivity index (χ4n) is 2.53. The van der Waals surface area contributed by atoms with Crippen LogP contribution >= 0.6 is 0 Å². The van der Waals surface area contributed by atoms with Crippen LogP contribution in [0.3, 0.4) is 0 Å². The van der Waals surface area contributed by atoms with Crippen LogP contribution in [0.5, 0.6) is 0 Å². The summed E-state index contributed by atoms with van der Waals surface area (Å²) < 4.78 is 19.1. The van der Waals surface area contributed by atoms with E-state index in [0.29, 0.717) is 18.8 Å². The van der Waals surface area contributed by atoms with Crippen molar-refractivity contribution in [2.45, 2.75) is 6.54 Å². The Labute approximate surface area is 131 Å². The predicted octanol–water partition coefficient (Wildman–Crippen LogP) is 0.676. The van der Waals surface area contributed by atoms with Crippen LogP contribution in [0.4, 0.5) is 10.1 Å². The smallest absolute Gasteiger partial charge is 0.146 e. The lowest BCUT2D eigenvalue weighted by Gasteiger charge is -2.26. The van der Waals surface area contributed by atoms with E-state index in [2.05, 4.69) is 10.2 Å². The molecule has 0 spiro atoms. The Hall–Kier alpha value is -1.21. The van der Waals surface area contributed by atoms with Gasteiger partial charge in [0.1, 0.15) is 5.82 Å². The second-order valence-electron chi connectivity index (χ2n) is 5.56. The molecule has 2 N–H and O–H groups in total. The first-order valence-electron chi connectivity index (χ1n) is 7.82. The first-order chi connectivity index (χ1) is 10.7. The molecule has 124 valence electrons. The van der Waals surface area contributed by atoms with Crippen molar-refractivity contribution in [2.75, 3.05) is 64.5 Å². The van der Waals surface area contributed by atoms with E-state index in [1.807, 2.05) is 6.07 Å². The first kappa shape index (κ1) is 17.1. The van der Waals surface area contributed by atoms with Crippen molar-refractivity contribution in [3.8, 4) is 0 Å². The molecule has 0 aromatic heterocycles. The summed E-state index contributed by atoms with van der Waals surface area (Å²) >= 11 is 0. The van der Waals surface area contributed by atoms with Crippen molar-refractivity contribution >= 4 is 5.69 Å². The number of rotatable bonds is 8. The summed E-state index contributed by atoms with van der Waals surface area (Å²) in [7, 11) is 1.78. The van der Waals surface area contributed by atoms with E-state index in [4.69, 9.17) is 9.84 Å². The fraction of sp³-hybridized carbons (Fsp3) is 0.625. The maximum Gasteiger partial charge on any atom is 0.146 e. The average molecular weight is 311 g/mol. The number of halogens is 1. The van der Waals surface area contributed by atoms with E-state index < -0.39 is 0 Å². The molecule has 1 saturated heterocycles. The largest absolute Gasteiger partial charge is 0.395 e. The minimum absolute atomic E-state index is 0.0119. The molecule has 5 nitrogen and oxygen atoms in total. The minimum atomic E-state index is -0.256. The monoisotopic (exact) mass is 311 g/mol. The highest BCUT2D eigenvalue weighted by Gasteiger charge is 2.10. The number of hydrogen-bond donors (Lipinski definition) is 2. The Kier molecular flexibility index (Phi) is 7.05. The standard InChI is InChI=1S/C16H26FN3O2/c1-19(6-9-21)16-12-14(2-3-15(16)17)13-18-4-5-20-7-10-22-11-8-20/h2-3,12,18,21H,4-11,13H2,1H3. The lowest BCUT2D eigenvalue weighted by atomic mass is 10.1. The molecule has 1 fully saturated rings. The number of ether oxygens (including phenoxy) is 1. The molecule has 1 aromatic carbocycles. The summed E-state index contributed by atoms with van der Waals surface area (Å²) in [4.78, 5) is 4.11. The van der Waals surface area contributed by atoms with Crippen LogP contribution in [-0.2, 0) is 11.3 Å². The SMILES string of the molecule is CN(CCO)c1cc(CNCCN2CCOCC2)ccc1F. The van der Waals surface area contributed by atoms with Gasteiger partial charge >= 0.3 is 0 Å². The molecule has 0 unspecified atom stereocenters. The number of nitrogens with one attached hydrogen (secondary N) is 1. The predicted molar refractivity (Wildman–Crippen MR) is 85.7 cm³/mol. The van der Waals surface area contributed by atoms with Gasteiger partial charge in [-0.15, -0.1) is 0 Å². The lowest BCUT2D eigenvalue weighted by Crippen LogP contribution is -2.40. The second-order valence-corrected chi connectivity index (χ2v) is 5.56. The zero-order valence-electron chi connectivity index (χ0n) is 13.2. The van der Waals surface area contributed by atoms with E-state index in [1.54, 1.807) is 18.0 Å². The molecular formula is C16H26FN3O2. The molecule has 22 heavy (non-hydrogen) atoms. The van der Waals surface area contributed by atoms with Gasteiger partial charge in [-0.25, -0.2) is 4.39 Å². The summed E-state index contributed by atoms with van der Waals surface area (Å²) in [5.41, 5.74) is 1.57. The van der Waals surface area contributed by atoms with Crippen molar-refractivity contribution in [1.82, 2.24) is 10.2 Å². The summed E-state index contributed by atoms with van der Waals surface area (Å²) in [5.74, 6) is -0.256. The maximum atomic E-state index is 13.8. The van der Waals surface area contributed by atoms with Gasteiger partial charge in [-0.2, -0.15) is 0 Å². The molecule has 1 aliphatic heterocycles. The molecule has 0 amide bonds. The third-order valence-electron chi connectivity index (χ3n) is 3.89. The van der Waals surface area contributed by atoms with Crippen LogP contribution in [0.15, 0.2) is 18.2 Å². The first-order valence-corrected chi connectivity index (χ1v) is 7.82. The van der Waals surface area contributed by atoms with Gasteiger partial charge in [0.2, 0.25) is 0 Å². The van der Waals surface area contributed by atoms with Gasteiger partial charge in [-0.1, -0.05) is 6.07 Å². The van der Waals surface area contributed by atoms with Crippen LogP contribution in [0.2, 0.25) is 0 Å². The minimum Gasteiger partial charge on any atom is -0.395 e. The molecule has 0 radical (unpaired) electrons. The van der Waals surface area contributed by atoms with Crippen molar-refractivity contribution in [3.05, 3.63) is 29.6 Å². The van der Waals surface area contributed by atoms with Crippen LogP contribution in [0.1, 0.15) is 5.56 Å². The van der Waals surface area contributed by atoms with Crippen molar-refractivity contribution in [2.24, 2.45) is 0 Å². The Bertz CT molecular complexity index is 453. The van der Waals surface area contributed by atoms with Gasteiger partial charge in [-0.05, 0) is 17.7 Å². The fourth-order valence-corrected chi connectivity index (χ4v) is 2.53. The van der Waals surface area contributed by atoms with Gasteiger partial charge in [-0.3, -0.25) is 4.90 Å². The van der Waals surface area contributed by atoms with Crippen molar-refractivity contribution < 1.29 is 14.2 Å². The number of hydrogen-bond acceptors (Lipinski definition) is 5. The van der Waals surface area contributed by atoms with E-state index in [0.717, 1.165) is 45.0 Å². The molecule has 0 atom stereocenters. The number of likely N-dealkylation sites (N-methyl/N-ethyl adjacent to an activating group) is 1. The molecule has 6 heteroatoms. The van der Waals surface area contributed by atoms with E-state index >= 15 is 0 Å². The van der Waals surface area contributed by atoms with Gasteiger partial charge in [0, 0.05) is 46.3 Å². The van der Waals surface area contributed by atoms with E-state index in [-0.39, 0.29) is 12.4 Å². The quantitative estimate of drug-likeness (QED) is 0.691. The van der Waals surface area contributed by atoms with Crippen LogP contribution in [0.25, 0.3) is 0 Å². The van der Waals surface area contributed by atoms with E-state index in [9.17, 15) is 4.39 Å². The number of anilines is 1. The average Bonchev–Trinajstić information content (AvgIpc) is 2.54. The van der Waals surface area contributed by atoms with Crippen LogP contribution in [0, 0.1) is 5.82 Å². The van der Waals surface area contributed by atoms with Gasteiger partial charge in [0.05, 0.1) is 25.5 Å². The van der Waals surface area contributed by atoms with Crippen LogP contribution < -0.4 is 10.2 Å². The Morgan fingerprint density at radius 3 is 2.86 bits per heavy atom. The number of aliphatic hydroxyl groups is 1. The zero-order chi connectivity index (χ0) is 15.8. The molecule has 0 saturated carbocycles. The summed E-state index contributed by atoms with van der Waals surface area (Å²) in [5, 5.41) is 12.4. The third kappa shape index (κ3) is 5.21. The summed E-state index contributed by atoms with van der Waals surface area (Å²) in [6, 6.07) is 5.13. The number of aliphatic hydroxyl groups excluding tert-OH is 1. The highest BCUT2D eigenvalue weighted by atomic mass is 19.1. The number of nitrogens with zero attached hydrogens (tertiary/aromatic N) is 2. The highest BCUT2D eigenvalue weighted by Crippen LogP contribution is 2.19. The molecule has 2 rings (SSSR count). The highest BCUT2D eigenvalue weighted by molar-refractivity contribution is 5.49. The van der Waals surface area contributed by atoms with E-state index in [1.165, 1.54) is 6.07 Å². The van der Waals surface area contributed by atoms with Gasteiger partial charge in [0.15, 0.2) is 0 Å². The number of benzene rings is 1. The van der Waals surface area contributed by atoms with Crippen molar-refractivity contribution in [1.29, 1.82) is 0 Å². The Morgan fingerprint density at radius 2 is 2.14 bits per heavy atom. The maximum absolute atomic E-state index is 13.8. The Balaban J connectivity index is 1.78. The topological polar surface area (TPSA) is 48.0 Å². The summed E-state index contributed by atoms with van der Waals surface area (Å²) in [6.45, 7) is 6.67. The van der Waals surface area contributed by atoms with Gasteiger partial charge < -0.3 is 20.1 Å². The molecule has 1 heterocycles. The summed E-state index contributed by atoms with van der Waals surface area (Å²) in [6.07, 6.45) is 0. The number of morpholine rings is 1. The second kappa shape index (κ2) is 9.05. The molecular weight excluding hydrogens is 285 g/mol. The normalized spacial score (nSPS) is 16.0. The molecule has 0 bridgehead atoms. The van der Waals surface area contributed by atoms with Crippen molar-refractivity contribution in [3.63, 3.8) is 0 Å². The molecule has 1 aliphatic rings.